The van der Waals surface area contributed by atoms with E-state index in [1.807, 2.05) is 0 Å². The number of aromatic nitrogens is 3. The highest BCUT2D eigenvalue weighted by atomic mass is 19.3. The summed E-state index contributed by atoms with van der Waals surface area (Å²) in [5.74, 6) is -0.144. The minimum absolute atomic E-state index is 0.0175. The lowest BCUT2D eigenvalue weighted by Gasteiger charge is -2.29. The standard InChI is InChI=1S/C26H30F3N5O2/c1-13(17-6-5-7-18(21(17)27)22(28)29)30-23-20-12-19(25(35)33-24(20)32-14(2)31-23)15-8-10-16(11-9-15)26(36)34(3)4/h5-7,12-13,15-16,22H,8-11H2,1-4H3,(H2,30,31,32,33,35)/t13-,15?,16?/m1/s1. The Kier molecular flexibility index (Phi) is 7.33. The van der Waals surface area contributed by atoms with E-state index in [2.05, 4.69) is 20.3 Å². The number of hydrogen-bond donors (Lipinski definition) is 2. The first-order valence-electron chi connectivity index (χ1n) is 12.0. The van der Waals surface area contributed by atoms with Gasteiger partial charge in [-0.05, 0) is 51.5 Å². The van der Waals surface area contributed by atoms with Crippen molar-refractivity contribution < 1.29 is 18.0 Å². The molecule has 2 aromatic heterocycles. The summed E-state index contributed by atoms with van der Waals surface area (Å²) < 4.78 is 41.1. The Bertz CT molecular complexity index is 1330. The number of fused-ring (bicyclic) bond motifs is 1. The molecule has 1 aromatic carbocycles. The van der Waals surface area contributed by atoms with Crippen molar-refractivity contribution in [2.75, 3.05) is 19.4 Å². The zero-order chi connectivity index (χ0) is 26.1. The lowest BCUT2D eigenvalue weighted by Crippen LogP contribution is -2.32. The average molecular weight is 502 g/mol. The van der Waals surface area contributed by atoms with Gasteiger partial charge >= 0.3 is 0 Å². The highest BCUT2D eigenvalue weighted by Gasteiger charge is 2.29. The van der Waals surface area contributed by atoms with Crippen molar-refractivity contribution in [1.82, 2.24) is 19.9 Å². The van der Waals surface area contributed by atoms with E-state index in [0.29, 0.717) is 53.9 Å². The van der Waals surface area contributed by atoms with Gasteiger partial charge in [0.1, 0.15) is 23.1 Å². The fourth-order valence-corrected chi connectivity index (χ4v) is 5.00. The minimum atomic E-state index is -2.92. The van der Waals surface area contributed by atoms with E-state index in [9.17, 15) is 22.8 Å². The van der Waals surface area contributed by atoms with Gasteiger partial charge < -0.3 is 15.2 Å². The summed E-state index contributed by atoms with van der Waals surface area (Å²) in [5, 5.41) is 3.68. The van der Waals surface area contributed by atoms with Crippen LogP contribution < -0.4 is 10.9 Å². The monoisotopic (exact) mass is 501 g/mol. The van der Waals surface area contributed by atoms with Gasteiger partial charge in [-0.2, -0.15) is 0 Å². The Morgan fingerprint density at radius 3 is 2.44 bits per heavy atom. The topological polar surface area (TPSA) is 91.0 Å². The predicted molar refractivity (Wildman–Crippen MR) is 132 cm³/mol. The molecule has 3 aromatic rings. The molecular weight excluding hydrogens is 471 g/mol. The number of nitrogens with zero attached hydrogens (tertiary/aromatic N) is 3. The number of pyridine rings is 1. The molecule has 10 heteroatoms. The van der Waals surface area contributed by atoms with Crippen molar-refractivity contribution in [3.63, 3.8) is 0 Å². The predicted octanol–water partition coefficient (Wildman–Crippen LogP) is 5.24. The SMILES string of the molecule is Cc1nc(N[C@H](C)c2cccc(C(F)F)c2F)c2cc(C3CCC(C(=O)N(C)C)CC3)c(=O)[nH]c2n1. The number of carbonyl (C=O) groups excluding carboxylic acids is 1. The number of aromatic amines is 1. The van der Waals surface area contributed by atoms with Gasteiger partial charge in [-0.1, -0.05) is 18.2 Å². The summed E-state index contributed by atoms with van der Waals surface area (Å²) in [4.78, 5) is 38.5. The second-order valence-corrected chi connectivity index (χ2v) is 9.63. The lowest BCUT2D eigenvalue weighted by atomic mass is 9.78. The van der Waals surface area contributed by atoms with Crippen LogP contribution >= 0.6 is 0 Å². The molecule has 0 aliphatic heterocycles. The third-order valence-electron chi connectivity index (χ3n) is 6.92. The van der Waals surface area contributed by atoms with E-state index in [-0.39, 0.29) is 28.9 Å². The number of alkyl halides is 2. The second-order valence-electron chi connectivity index (χ2n) is 9.63. The number of aryl methyl sites for hydroxylation is 1. The van der Waals surface area contributed by atoms with E-state index in [1.165, 1.54) is 12.1 Å². The van der Waals surface area contributed by atoms with Crippen LogP contribution in [-0.2, 0) is 4.79 Å². The third kappa shape index (κ3) is 5.08. The number of anilines is 1. The number of halogens is 3. The number of carbonyl (C=O) groups is 1. The Morgan fingerprint density at radius 2 is 1.81 bits per heavy atom. The molecule has 1 aliphatic carbocycles. The zero-order valence-corrected chi connectivity index (χ0v) is 20.7. The summed E-state index contributed by atoms with van der Waals surface area (Å²) in [6, 6.07) is 5.00. The molecule has 7 nitrogen and oxygen atoms in total. The molecule has 2 N–H and O–H groups in total. The van der Waals surface area contributed by atoms with Gasteiger partial charge in [0.15, 0.2) is 0 Å². The van der Waals surface area contributed by atoms with Crippen molar-refractivity contribution in [3.8, 4) is 0 Å². The van der Waals surface area contributed by atoms with Crippen molar-refractivity contribution in [2.45, 2.75) is 57.9 Å². The Morgan fingerprint density at radius 1 is 1.14 bits per heavy atom. The van der Waals surface area contributed by atoms with Gasteiger partial charge in [-0.3, -0.25) is 9.59 Å². The molecule has 0 bridgehead atoms. The molecule has 0 radical (unpaired) electrons. The smallest absolute Gasteiger partial charge is 0.266 e. The molecule has 4 rings (SSSR count). The number of nitrogens with one attached hydrogen (secondary N) is 2. The van der Waals surface area contributed by atoms with E-state index < -0.39 is 23.8 Å². The summed E-state index contributed by atoms with van der Waals surface area (Å²) in [7, 11) is 3.49. The van der Waals surface area contributed by atoms with Crippen LogP contribution in [-0.4, -0.2) is 39.9 Å². The van der Waals surface area contributed by atoms with Crippen LogP contribution in [0.2, 0.25) is 0 Å². The van der Waals surface area contributed by atoms with Crippen LogP contribution in [0.3, 0.4) is 0 Å². The maximum atomic E-state index is 14.7. The molecule has 0 spiro atoms. The number of hydrogen-bond acceptors (Lipinski definition) is 5. The van der Waals surface area contributed by atoms with Crippen LogP contribution in [0.1, 0.15) is 73.5 Å². The van der Waals surface area contributed by atoms with E-state index >= 15 is 0 Å². The van der Waals surface area contributed by atoms with E-state index in [4.69, 9.17) is 0 Å². The average Bonchev–Trinajstić information content (AvgIpc) is 2.83. The number of rotatable bonds is 6. The molecule has 2 heterocycles. The van der Waals surface area contributed by atoms with Crippen LogP contribution in [0, 0.1) is 18.7 Å². The Labute approximate surface area is 207 Å². The number of amides is 1. The summed E-state index contributed by atoms with van der Waals surface area (Å²) >= 11 is 0. The third-order valence-corrected chi connectivity index (χ3v) is 6.92. The number of benzene rings is 1. The first-order chi connectivity index (χ1) is 17.1. The molecule has 36 heavy (non-hydrogen) atoms. The highest BCUT2D eigenvalue weighted by Crippen LogP contribution is 2.36. The Balaban J connectivity index is 1.66. The molecule has 192 valence electrons. The second kappa shape index (κ2) is 10.3. The van der Waals surface area contributed by atoms with Gasteiger partial charge in [0.25, 0.3) is 12.0 Å². The summed E-state index contributed by atoms with van der Waals surface area (Å²) in [6.07, 6.45) is -0.112. The molecule has 1 fully saturated rings. The van der Waals surface area contributed by atoms with Crippen LogP contribution in [0.4, 0.5) is 19.0 Å². The highest BCUT2D eigenvalue weighted by molar-refractivity contribution is 5.87. The van der Waals surface area contributed by atoms with Crippen LogP contribution in [0.15, 0.2) is 29.1 Å². The molecule has 0 unspecified atom stereocenters. The van der Waals surface area contributed by atoms with Gasteiger partial charge in [-0.15, -0.1) is 0 Å². The summed E-state index contributed by atoms with van der Waals surface area (Å²) in [5.41, 5.74) is 0.125. The maximum absolute atomic E-state index is 14.7. The van der Waals surface area contributed by atoms with Crippen molar-refractivity contribution >= 4 is 22.8 Å². The van der Waals surface area contributed by atoms with E-state index in [1.54, 1.807) is 38.9 Å². The van der Waals surface area contributed by atoms with Crippen molar-refractivity contribution in [2.24, 2.45) is 5.92 Å². The quantitative estimate of drug-likeness (QED) is 0.482. The Hall–Kier alpha value is -3.43. The molecule has 1 aliphatic rings. The maximum Gasteiger partial charge on any atom is 0.266 e. The van der Waals surface area contributed by atoms with Gasteiger partial charge in [0, 0.05) is 31.1 Å². The lowest BCUT2D eigenvalue weighted by molar-refractivity contribution is -0.134. The molecular formula is C26H30F3N5O2. The van der Waals surface area contributed by atoms with E-state index in [0.717, 1.165) is 6.07 Å². The van der Waals surface area contributed by atoms with Crippen LogP contribution in [0.25, 0.3) is 11.0 Å². The van der Waals surface area contributed by atoms with Gasteiger partial charge in [-0.25, -0.2) is 23.1 Å². The van der Waals surface area contributed by atoms with Gasteiger partial charge in [0.2, 0.25) is 5.91 Å². The zero-order valence-electron chi connectivity index (χ0n) is 20.7. The number of H-pyrrole nitrogens is 1. The first-order valence-corrected chi connectivity index (χ1v) is 12.0. The summed E-state index contributed by atoms with van der Waals surface area (Å²) in [6.45, 7) is 3.33. The molecule has 0 saturated heterocycles. The fourth-order valence-electron chi connectivity index (χ4n) is 5.00. The first kappa shape index (κ1) is 25.7. The fraction of sp³-hybridized carbons (Fsp3) is 0.462. The van der Waals surface area contributed by atoms with Gasteiger partial charge in [0.05, 0.1) is 17.0 Å². The molecule has 1 amide bonds. The molecule has 1 atom stereocenters. The molecule has 1 saturated carbocycles. The van der Waals surface area contributed by atoms with Crippen molar-refractivity contribution in [3.05, 3.63) is 63.0 Å². The van der Waals surface area contributed by atoms with Crippen LogP contribution in [0.5, 0.6) is 0 Å². The van der Waals surface area contributed by atoms with Crippen molar-refractivity contribution in [1.29, 1.82) is 0 Å². The minimum Gasteiger partial charge on any atom is -0.363 e. The normalized spacial score (nSPS) is 18.9. The largest absolute Gasteiger partial charge is 0.363 e.